The molecule has 0 saturated carbocycles. The molecule has 3 rings (SSSR count). The Hall–Kier alpha value is -1.63. The van der Waals surface area contributed by atoms with Crippen LogP contribution in [0, 0.1) is 0 Å². The molecule has 0 spiro atoms. The van der Waals surface area contributed by atoms with Crippen LogP contribution in [0.1, 0.15) is 35.3 Å². The molecule has 2 unspecified atom stereocenters. The van der Waals surface area contributed by atoms with E-state index in [9.17, 15) is 4.79 Å². The normalized spacial score (nSPS) is 21.2. The van der Waals surface area contributed by atoms with Crippen LogP contribution in [0.25, 0.3) is 0 Å². The van der Waals surface area contributed by atoms with E-state index in [2.05, 4.69) is 52.1 Å². The lowest BCUT2D eigenvalue weighted by molar-refractivity contribution is -0.0705. The third kappa shape index (κ3) is 4.93. The summed E-state index contributed by atoms with van der Waals surface area (Å²) in [6, 6.07) is 9.90. The van der Waals surface area contributed by atoms with Gasteiger partial charge in [0, 0.05) is 32.2 Å². The molecule has 2 atom stereocenters. The summed E-state index contributed by atoms with van der Waals surface area (Å²) in [5.74, 6) is -0.141. The number of ether oxygens (including phenoxy) is 1. The van der Waals surface area contributed by atoms with Gasteiger partial charge in [0.15, 0.2) is 4.67 Å². The Labute approximate surface area is 156 Å². The molecule has 5 nitrogen and oxygen atoms in total. The third-order valence-corrected chi connectivity index (χ3v) is 4.69. The van der Waals surface area contributed by atoms with E-state index in [0.717, 1.165) is 25.2 Å². The summed E-state index contributed by atoms with van der Waals surface area (Å²) >= 11 is 3.21. The van der Waals surface area contributed by atoms with Gasteiger partial charge in [0.05, 0.1) is 17.8 Å². The predicted molar refractivity (Wildman–Crippen MR) is 99.3 cm³/mol. The van der Waals surface area contributed by atoms with Gasteiger partial charge < -0.3 is 14.5 Å². The first kappa shape index (κ1) is 18.2. The van der Waals surface area contributed by atoms with Crippen molar-refractivity contribution in [2.24, 2.45) is 0 Å². The van der Waals surface area contributed by atoms with E-state index >= 15 is 0 Å². The lowest BCUT2D eigenvalue weighted by Gasteiger charge is -2.35. The molecule has 1 amide bonds. The Balaban J connectivity index is 1.63. The van der Waals surface area contributed by atoms with Crippen molar-refractivity contribution in [2.75, 3.05) is 13.1 Å². The molecule has 1 aliphatic heterocycles. The van der Waals surface area contributed by atoms with Crippen molar-refractivity contribution in [2.45, 2.75) is 39.1 Å². The number of nitrogens with zero attached hydrogens (tertiary/aromatic N) is 1. The average molecular weight is 407 g/mol. The first-order valence-electron chi connectivity index (χ1n) is 8.48. The Bertz CT molecular complexity index is 721. The van der Waals surface area contributed by atoms with Gasteiger partial charge in [-0.15, -0.1) is 0 Å². The number of furan rings is 1. The highest BCUT2D eigenvalue weighted by Crippen LogP contribution is 2.18. The highest BCUT2D eigenvalue weighted by atomic mass is 79.9. The Morgan fingerprint density at radius 2 is 1.92 bits per heavy atom. The van der Waals surface area contributed by atoms with Crippen molar-refractivity contribution in [1.82, 2.24) is 10.2 Å². The second-order valence-corrected chi connectivity index (χ2v) is 7.32. The van der Waals surface area contributed by atoms with Crippen LogP contribution in [0.5, 0.6) is 0 Å². The van der Waals surface area contributed by atoms with Gasteiger partial charge in [-0.1, -0.05) is 24.3 Å². The number of nitrogens with one attached hydrogen (secondary N) is 1. The van der Waals surface area contributed by atoms with Crippen LogP contribution in [-0.4, -0.2) is 36.1 Å². The predicted octanol–water partition coefficient (Wildman–Crippen LogP) is 3.58. The van der Waals surface area contributed by atoms with Crippen molar-refractivity contribution in [3.05, 3.63) is 58.0 Å². The number of rotatable bonds is 5. The molecule has 0 radical (unpaired) electrons. The van der Waals surface area contributed by atoms with Crippen molar-refractivity contribution >= 4 is 21.8 Å². The van der Waals surface area contributed by atoms with Gasteiger partial charge >= 0.3 is 0 Å². The maximum absolute atomic E-state index is 12.2. The number of carbonyl (C=O) groups is 1. The number of carbonyl (C=O) groups excluding carboxylic acids is 1. The average Bonchev–Trinajstić information content (AvgIpc) is 2.99. The van der Waals surface area contributed by atoms with Crippen LogP contribution >= 0.6 is 15.9 Å². The zero-order valence-corrected chi connectivity index (χ0v) is 16.1. The van der Waals surface area contributed by atoms with Gasteiger partial charge in [-0.3, -0.25) is 9.69 Å². The van der Waals surface area contributed by atoms with Crippen LogP contribution in [0.15, 0.2) is 45.7 Å². The summed E-state index contributed by atoms with van der Waals surface area (Å²) in [6.07, 6.45) is 1.94. The Kier molecular flexibility index (Phi) is 5.93. The van der Waals surface area contributed by atoms with Crippen LogP contribution < -0.4 is 5.32 Å². The van der Waals surface area contributed by atoms with Gasteiger partial charge in [-0.2, -0.15) is 0 Å². The number of hydrogen-bond donors (Lipinski definition) is 1. The van der Waals surface area contributed by atoms with Gasteiger partial charge in [-0.25, -0.2) is 0 Å². The smallest absolute Gasteiger partial charge is 0.254 e. The first-order valence-corrected chi connectivity index (χ1v) is 9.27. The molecule has 134 valence electrons. The summed E-state index contributed by atoms with van der Waals surface area (Å²) in [6.45, 7) is 7.42. The molecule has 6 heteroatoms. The van der Waals surface area contributed by atoms with Crippen molar-refractivity contribution in [3.63, 3.8) is 0 Å². The second kappa shape index (κ2) is 8.17. The molecule has 1 saturated heterocycles. The number of benzene rings is 1. The molecule has 0 bridgehead atoms. The highest BCUT2D eigenvalue weighted by Gasteiger charge is 2.22. The number of hydrogen-bond acceptors (Lipinski definition) is 4. The van der Waals surface area contributed by atoms with Crippen molar-refractivity contribution in [1.29, 1.82) is 0 Å². The number of halogens is 1. The monoisotopic (exact) mass is 406 g/mol. The molecule has 1 fully saturated rings. The number of amides is 1. The van der Waals surface area contributed by atoms with Crippen molar-refractivity contribution in [3.8, 4) is 0 Å². The van der Waals surface area contributed by atoms with E-state index in [-0.39, 0.29) is 18.1 Å². The van der Waals surface area contributed by atoms with Crippen molar-refractivity contribution < 1.29 is 13.9 Å². The van der Waals surface area contributed by atoms with Gasteiger partial charge in [0.25, 0.3) is 5.91 Å². The van der Waals surface area contributed by atoms with E-state index in [1.807, 2.05) is 12.1 Å². The summed E-state index contributed by atoms with van der Waals surface area (Å²) in [5.41, 5.74) is 2.88. The minimum absolute atomic E-state index is 0.141. The highest BCUT2D eigenvalue weighted by molar-refractivity contribution is 9.10. The second-order valence-electron chi connectivity index (χ2n) is 6.54. The molecule has 1 N–H and O–H groups in total. The van der Waals surface area contributed by atoms with E-state index in [1.54, 1.807) is 6.07 Å². The maximum Gasteiger partial charge on any atom is 0.254 e. The molecule has 1 aromatic carbocycles. The van der Waals surface area contributed by atoms with Crippen LogP contribution in [-0.2, 0) is 17.8 Å². The molecule has 0 aliphatic carbocycles. The lowest BCUT2D eigenvalue weighted by atomic mass is 10.1. The first-order chi connectivity index (χ1) is 12.0. The SMILES string of the molecule is CC1CN(Cc2ccccc2CNC(=O)c2coc(Br)c2)CC(C)O1. The Morgan fingerprint density at radius 1 is 1.24 bits per heavy atom. The maximum atomic E-state index is 12.2. The fourth-order valence-corrected chi connectivity index (χ4v) is 3.59. The minimum Gasteiger partial charge on any atom is -0.457 e. The van der Waals surface area contributed by atoms with Gasteiger partial charge in [0.2, 0.25) is 0 Å². The molecule has 1 aliphatic rings. The Morgan fingerprint density at radius 3 is 2.56 bits per heavy atom. The van der Waals surface area contributed by atoms with E-state index in [1.165, 1.54) is 11.8 Å². The zero-order chi connectivity index (χ0) is 17.8. The third-order valence-electron chi connectivity index (χ3n) is 4.28. The molecular formula is C19H23BrN2O3. The molecule has 2 heterocycles. The summed E-state index contributed by atoms with van der Waals surface area (Å²) in [5, 5.41) is 2.96. The zero-order valence-electron chi connectivity index (χ0n) is 14.5. The summed E-state index contributed by atoms with van der Waals surface area (Å²) in [4.78, 5) is 14.6. The fraction of sp³-hybridized carbons (Fsp3) is 0.421. The topological polar surface area (TPSA) is 54.7 Å². The lowest BCUT2D eigenvalue weighted by Crippen LogP contribution is -2.45. The quantitative estimate of drug-likeness (QED) is 0.824. The molecular weight excluding hydrogens is 384 g/mol. The van der Waals surface area contributed by atoms with Gasteiger partial charge in [-0.05, 0) is 40.9 Å². The number of morpholine rings is 1. The van der Waals surface area contributed by atoms with E-state index in [4.69, 9.17) is 9.15 Å². The van der Waals surface area contributed by atoms with Gasteiger partial charge in [0.1, 0.15) is 6.26 Å². The molecule has 2 aromatic rings. The standard InChI is InChI=1S/C19H23BrN2O3/c1-13-9-22(10-14(2)25-13)11-16-6-4-3-5-15(16)8-21-19(23)17-7-18(20)24-12-17/h3-7,12-14H,8-11H2,1-2H3,(H,21,23). The summed E-state index contributed by atoms with van der Waals surface area (Å²) in [7, 11) is 0. The van der Waals surface area contributed by atoms with Crippen LogP contribution in [0.2, 0.25) is 0 Å². The van der Waals surface area contributed by atoms with E-state index < -0.39 is 0 Å². The van der Waals surface area contributed by atoms with Crippen LogP contribution in [0.3, 0.4) is 0 Å². The molecule has 25 heavy (non-hydrogen) atoms. The van der Waals surface area contributed by atoms with E-state index in [0.29, 0.717) is 16.8 Å². The molecule has 1 aromatic heterocycles. The fourth-order valence-electron chi connectivity index (χ4n) is 3.25. The minimum atomic E-state index is -0.141. The largest absolute Gasteiger partial charge is 0.457 e. The van der Waals surface area contributed by atoms with Crippen LogP contribution in [0.4, 0.5) is 0 Å². The summed E-state index contributed by atoms with van der Waals surface area (Å²) < 4.78 is 11.5.